The van der Waals surface area contributed by atoms with E-state index in [1.165, 1.54) is 12.4 Å². The van der Waals surface area contributed by atoms with Crippen molar-refractivity contribution < 1.29 is 24.2 Å². The number of rotatable bonds is 4. The van der Waals surface area contributed by atoms with Gasteiger partial charge in [-0.2, -0.15) is 0 Å². The third-order valence-electron chi connectivity index (χ3n) is 4.95. The molecule has 0 radical (unpaired) electrons. The lowest BCUT2D eigenvalue weighted by molar-refractivity contribution is -0.135. The molecule has 3 heterocycles. The molecule has 2 N–H and O–H groups in total. The predicted octanol–water partition coefficient (Wildman–Crippen LogP) is 1.27. The molecule has 2 amide bonds. The quantitative estimate of drug-likeness (QED) is 0.767. The summed E-state index contributed by atoms with van der Waals surface area (Å²) in [6.45, 7) is 6.80. The number of nitrogens with zero attached hydrogens (tertiary/aromatic N) is 4. The molecule has 2 atom stereocenters. The number of carbonyl (C=O) groups excluding carboxylic acids is 2. The van der Waals surface area contributed by atoms with Crippen LogP contribution in [0.3, 0.4) is 0 Å². The van der Waals surface area contributed by atoms with Crippen LogP contribution >= 0.6 is 0 Å². The van der Waals surface area contributed by atoms with Gasteiger partial charge in [0.05, 0.1) is 12.1 Å². The van der Waals surface area contributed by atoms with Gasteiger partial charge in [-0.15, -0.1) is 0 Å². The van der Waals surface area contributed by atoms with E-state index in [0.717, 1.165) is 12.8 Å². The molecule has 0 bridgehead atoms. The van der Waals surface area contributed by atoms with Crippen molar-refractivity contribution in [3.8, 4) is 0 Å². The minimum Gasteiger partial charge on any atom is -0.477 e. The Morgan fingerprint density at radius 3 is 2.66 bits per heavy atom. The summed E-state index contributed by atoms with van der Waals surface area (Å²) < 4.78 is 5.38. The summed E-state index contributed by atoms with van der Waals surface area (Å²) in [7, 11) is 0. The maximum atomic E-state index is 12.5. The Hall–Kier alpha value is -2.91. The van der Waals surface area contributed by atoms with E-state index in [-0.39, 0.29) is 23.7 Å². The van der Waals surface area contributed by atoms with Gasteiger partial charge in [-0.05, 0) is 33.6 Å². The van der Waals surface area contributed by atoms with Crippen LogP contribution in [0.1, 0.15) is 50.5 Å². The average molecular weight is 405 g/mol. The fourth-order valence-corrected chi connectivity index (χ4v) is 3.70. The van der Waals surface area contributed by atoms with Crippen molar-refractivity contribution >= 4 is 23.8 Å². The second kappa shape index (κ2) is 8.22. The molecule has 10 nitrogen and oxygen atoms in total. The maximum absolute atomic E-state index is 12.5. The number of anilines is 1. The topological polar surface area (TPSA) is 125 Å². The van der Waals surface area contributed by atoms with Gasteiger partial charge in [0.15, 0.2) is 5.69 Å². The molecule has 1 aromatic rings. The van der Waals surface area contributed by atoms with Crippen molar-refractivity contribution in [3.63, 3.8) is 0 Å². The molecule has 29 heavy (non-hydrogen) atoms. The molecule has 158 valence electrons. The average Bonchev–Trinajstić information content (AvgIpc) is 3.04. The number of amides is 2. The van der Waals surface area contributed by atoms with Crippen molar-refractivity contribution in [3.05, 3.63) is 18.1 Å². The molecule has 0 unspecified atom stereocenters. The molecule has 3 rings (SSSR count). The number of carboxylic acid groups (broad SMARTS) is 1. The number of ether oxygens (including phenoxy) is 1. The van der Waals surface area contributed by atoms with E-state index in [9.17, 15) is 19.5 Å². The van der Waals surface area contributed by atoms with Gasteiger partial charge in [0.1, 0.15) is 17.7 Å². The molecular weight excluding hydrogens is 378 g/mol. The molecule has 2 fully saturated rings. The van der Waals surface area contributed by atoms with Gasteiger partial charge in [0.2, 0.25) is 5.91 Å². The summed E-state index contributed by atoms with van der Waals surface area (Å²) >= 11 is 0. The van der Waals surface area contributed by atoms with E-state index in [1.807, 2.05) is 9.80 Å². The van der Waals surface area contributed by atoms with Gasteiger partial charge in [-0.1, -0.05) is 0 Å². The van der Waals surface area contributed by atoms with Crippen LogP contribution in [0.5, 0.6) is 0 Å². The number of alkyl carbamates (subject to hydrolysis) is 1. The first kappa shape index (κ1) is 20.8. The summed E-state index contributed by atoms with van der Waals surface area (Å²) in [5, 5.41) is 12.1. The fourth-order valence-electron chi connectivity index (χ4n) is 3.70. The Bertz CT molecular complexity index is 793. The monoisotopic (exact) mass is 405 g/mol. The van der Waals surface area contributed by atoms with E-state index >= 15 is 0 Å². The highest BCUT2D eigenvalue weighted by atomic mass is 16.6. The summed E-state index contributed by atoms with van der Waals surface area (Å²) in [6.07, 6.45) is 2.93. The number of likely N-dealkylation sites (tertiary alicyclic amines) is 1. The number of nitrogens with one attached hydrogen (secondary N) is 1. The molecule has 10 heteroatoms. The van der Waals surface area contributed by atoms with Crippen molar-refractivity contribution in [1.29, 1.82) is 0 Å². The first-order valence-electron chi connectivity index (χ1n) is 9.73. The summed E-state index contributed by atoms with van der Waals surface area (Å²) in [5.74, 6) is -0.632. The molecular formula is C19H27N5O5. The van der Waals surface area contributed by atoms with Crippen LogP contribution in [-0.4, -0.2) is 75.3 Å². The molecule has 2 saturated heterocycles. The lowest BCUT2D eigenvalue weighted by Crippen LogP contribution is -2.54. The Morgan fingerprint density at radius 2 is 2.00 bits per heavy atom. The van der Waals surface area contributed by atoms with Gasteiger partial charge < -0.3 is 25.0 Å². The minimum atomic E-state index is -1.14. The van der Waals surface area contributed by atoms with Crippen molar-refractivity contribution in [1.82, 2.24) is 20.2 Å². The van der Waals surface area contributed by atoms with Gasteiger partial charge >= 0.3 is 12.1 Å². The smallest absolute Gasteiger partial charge is 0.408 e. The molecule has 2 aliphatic heterocycles. The zero-order chi connectivity index (χ0) is 21.2. The number of aromatic nitrogens is 2. The zero-order valence-electron chi connectivity index (χ0n) is 16.9. The van der Waals surface area contributed by atoms with Gasteiger partial charge in [0.25, 0.3) is 0 Å². The number of carbonyl (C=O) groups is 3. The molecule has 2 aliphatic rings. The number of hydrogen-bond acceptors (Lipinski definition) is 7. The van der Waals surface area contributed by atoms with Crippen LogP contribution < -0.4 is 10.2 Å². The summed E-state index contributed by atoms with van der Waals surface area (Å²) in [5.41, 5.74) is -0.744. The second-order valence-corrected chi connectivity index (χ2v) is 8.34. The van der Waals surface area contributed by atoms with Crippen molar-refractivity contribution in [2.45, 2.75) is 57.7 Å². The van der Waals surface area contributed by atoms with Crippen molar-refractivity contribution in [2.24, 2.45) is 0 Å². The highest BCUT2D eigenvalue weighted by Gasteiger charge is 2.41. The first-order chi connectivity index (χ1) is 13.6. The van der Waals surface area contributed by atoms with E-state index in [2.05, 4.69) is 15.3 Å². The lowest BCUT2D eigenvalue weighted by atomic mass is 10.0. The Morgan fingerprint density at radius 1 is 1.24 bits per heavy atom. The number of carboxylic acids is 1. The SMILES string of the molecule is CC(C)(C)OC(=O)N[C@H]1CN(c2cc(C(=O)O)ncn2)C[C@@H]1N1CCCCC1=O. The lowest BCUT2D eigenvalue weighted by Gasteiger charge is -2.35. The van der Waals surface area contributed by atoms with Crippen molar-refractivity contribution in [2.75, 3.05) is 24.5 Å². The van der Waals surface area contributed by atoms with Gasteiger partial charge in [0, 0.05) is 32.1 Å². The van der Waals surface area contributed by atoms with Crippen LogP contribution in [0, 0.1) is 0 Å². The number of piperidine rings is 1. The van der Waals surface area contributed by atoms with E-state index in [0.29, 0.717) is 31.9 Å². The Balaban J connectivity index is 1.81. The van der Waals surface area contributed by atoms with Crippen LogP contribution in [-0.2, 0) is 9.53 Å². The summed E-state index contributed by atoms with van der Waals surface area (Å²) in [6, 6.07) is 0.779. The fraction of sp³-hybridized carbons (Fsp3) is 0.632. The zero-order valence-corrected chi connectivity index (χ0v) is 16.9. The highest BCUT2D eigenvalue weighted by molar-refractivity contribution is 5.86. The van der Waals surface area contributed by atoms with Crippen LogP contribution in [0.25, 0.3) is 0 Å². The maximum Gasteiger partial charge on any atom is 0.408 e. The third kappa shape index (κ3) is 5.12. The number of aromatic carboxylic acids is 1. The third-order valence-corrected chi connectivity index (χ3v) is 4.95. The minimum absolute atomic E-state index is 0.0630. The van der Waals surface area contributed by atoms with Gasteiger partial charge in [-0.25, -0.2) is 19.6 Å². The summed E-state index contributed by atoms with van der Waals surface area (Å²) in [4.78, 5) is 47.7. The highest BCUT2D eigenvalue weighted by Crippen LogP contribution is 2.25. The van der Waals surface area contributed by atoms with Crippen LogP contribution in [0.2, 0.25) is 0 Å². The van der Waals surface area contributed by atoms with Crippen LogP contribution in [0.4, 0.5) is 10.6 Å². The van der Waals surface area contributed by atoms with E-state index in [4.69, 9.17) is 4.74 Å². The number of hydrogen-bond donors (Lipinski definition) is 2. The molecule has 0 spiro atoms. The molecule has 0 aliphatic carbocycles. The Kier molecular flexibility index (Phi) is 5.90. The van der Waals surface area contributed by atoms with Crippen LogP contribution in [0.15, 0.2) is 12.4 Å². The van der Waals surface area contributed by atoms with E-state index in [1.54, 1.807) is 20.8 Å². The normalized spacial score (nSPS) is 22.5. The second-order valence-electron chi connectivity index (χ2n) is 8.34. The first-order valence-corrected chi connectivity index (χ1v) is 9.73. The molecule has 0 aromatic carbocycles. The van der Waals surface area contributed by atoms with Gasteiger partial charge in [-0.3, -0.25) is 4.79 Å². The Labute approximate surface area is 169 Å². The molecule has 0 saturated carbocycles. The van der Waals surface area contributed by atoms with E-state index < -0.39 is 17.7 Å². The largest absolute Gasteiger partial charge is 0.477 e. The predicted molar refractivity (Wildman–Crippen MR) is 104 cm³/mol. The molecule has 1 aromatic heterocycles. The standard InChI is InChI=1S/C19H27N5O5/c1-19(2,3)29-18(28)22-13-9-23(15-8-12(17(26)27)20-11-21-15)10-14(13)24-7-5-4-6-16(24)25/h8,11,13-14H,4-7,9-10H2,1-3H3,(H,22,28)(H,26,27)/t13-,14-/m0/s1.